The third-order valence-electron chi connectivity index (χ3n) is 11.4. The van der Waals surface area contributed by atoms with Crippen LogP contribution in [0.5, 0.6) is 5.75 Å². The third-order valence-corrected chi connectivity index (χ3v) is 12.3. The van der Waals surface area contributed by atoms with Gasteiger partial charge in [0.15, 0.2) is 17.9 Å². The smallest absolute Gasteiger partial charge is 0.257 e. The monoisotopic (exact) mass is 987 g/mol. The Morgan fingerprint density at radius 2 is 1.35 bits per heavy atom. The SMILES string of the molecule is CCN1CCN(Cc2ccc(Br)cn2)CC1.CCN1CCN(Cc2ccc(C#C[C@]3(CN4Cc5ccc(OC)c(F)c5C4=O)CC(=O)NC3=O)cn2)CC1.O=Cc1ccc(Br)cn1. The van der Waals surface area contributed by atoms with Gasteiger partial charge in [0, 0.05) is 112 Å². The number of hydrogen-bond donors (Lipinski definition) is 1. The van der Waals surface area contributed by atoms with E-state index in [4.69, 9.17) is 4.74 Å². The second kappa shape index (κ2) is 22.6. The van der Waals surface area contributed by atoms with Crippen molar-refractivity contribution in [3.63, 3.8) is 0 Å². The van der Waals surface area contributed by atoms with Crippen LogP contribution in [0, 0.1) is 23.1 Å². The maximum atomic E-state index is 14.8. The first kappa shape index (κ1) is 47.5. The van der Waals surface area contributed by atoms with Gasteiger partial charge >= 0.3 is 0 Å². The minimum absolute atomic E-state index is 0.0265. The molecule has 4 aliphatic rings. The lowest BCUT2D eigenvalue weighted by molar-refractivity contribution is -0.127. The van der Waals surface area contributed by atoms with Crippen molar-refractivity contribution in [2.75, 3.05) is 79.1 Å². The highest BCUT2D eigenvalue weighted by Gasteiger charge is 2.49. The van der Waals surface area contributed by atoms with Crippen molar-refractivity contribution in [1.82, 2.24) is 44.8 Å². The van der Waals surface area contributed by atoms with Crippen molar-refractivity contribution in [3.05, 3.63) is 116 Å². The lowest BCUT2D eigenvalue weighted by Gasteiger charge is -2.33. The number of ether oxygens (including phenoxy) is 1. The van der Waals surface area contributed by atoms with Gasteiger partial charge in [-0.3, -0.25) is 49.2 Å². The Labute approximate surface area is 384 Å². The summed E-state index contributed by atoms with van der Waals surface area (Å²) >= 11 is 6.60. The molecule has 63 heavy (non-hydrogen) atoms. The number of amides is 3. The highest BCUT2D eigenvalue weighted by Crippen LogP contribution is 2.35. The molecule has 4 aromatic rings. The van der Waals surface area contributed by atoms with E-state index >= 15 is 0 Å². The van der Waals surface area contributed by atoms with Crippen LogP contribution in [0.3, 0.4) is 0 Å². The van der Waals surface area contributed by atoms with Gasteiger partial charge in [0.05, 0.1) is 30.5 Å². The topological polar surface area (TPSA) is 144 Å². The first-order chi connectivity index (χ1) is 30.4. The number of rotatable bonds is 10. The van der Waals surface area contributed by atoms with Crippen LogP contribution in [0.2, 0.25) is 0 Å². The molecule has 0 unspecified atom stereocenters. The Morgan fingerprint density at radius 3 is 1.83 bits per heavy atom. The quantitative estimate of drug-likeness (QED) is 0.129. The van der Waals surface area contributed by atoms with E-state index in [0.717, 1.165) is 79.2 Å². The molecule has 4 aliphatic heterocycles. The number of methoxy groups -OCH3 is 1. The Hall–Kier alpha value is -4.96. The summed E-state index contributed by atoms with van der Waals surface area (Å²) in [6, 6.07) is 14.4. The standard InChI is InChI=1S/C28H30FN5O4.C12H18BrN3.C6H4BrNO/c1-3-32-10-12-33(13-11-32)17-21-6-4-19(15-30-21)8-9-28(14-23(35)31-27(28)37)18-34-16-20-5-7-22(38-2)25(29)24(20)26(34)36;1-2-15-5-7-16(8-6-15)10-12-4-3-11(13)9-14-12;7-5-1-2-6(4-9)8-3-5/h4-7,15H,3,10-14,16-18H2,1-2H3,(H,31,35,37);3-4,9H,2,5-8,10H2,1H3;1-4H/t28-;;/m1../s1. The van der Waals surface area contributed by atoms with Crippen molar-refractivity contribution in [2.45, 2.75) is 39.9 Å². The highest BCUT2D eigenvalue weighted by atomic mass is 79.9. The minimum Gasteiger partial charge on any atom is -0.494 e. The molecule has 3 amide bonds. The summed E-state index contributed by atoms with van der Waals surface area (Å²) in [6.07, 6.45) is 5.65. The average molecular weight is 990 g/mol. The van der Waals surface area contributed by atoms with E-state index < -0.39 is 29.0 Å². The zero-order chi connectivity index (χ0) is 44.9. The summed E-state index contributed by atoms with van der Waals surface area (Å²) < 4.78 is 21.7. The van der Waals surface area contributed by atoms with Crippen LogP contribution in [0.1, 0.15) is 63.6 Å². The van der Waals surface area contributed by atoms with Gasteiger partial charge in [-0.05, 0) is 93.0 Å². The minimum atomic E-state index is -1.44. The number of aldehydes is 1. The van der Waals surface area contributed by atoms with Gasteiger partial charge in [0.25, 0.3) is 5.91 Å². The molecule has 7 heterocycles. The van der Waals surface area contributed by atoms with Crippen LogP contribution in [0.25, 0.3) is 0 Å². The van der Waals surface area contributed by atoms with Crippen molar-refractivity contribution < 1.29 is 28.3 Å². The van der Waals surface area contributed by atoms with Crippen LogP contribution in [0.15, 0.2) is 76.1 Å². The number of nitrogens with one attached hydrogen (secondary N) is 1. The lowest BCUT2D eigenvalue weighted by Crippen LogP contribution is -2.45. The van der Waals surface area contributed by atoms with Gasteiger partial charge in [0.2, 0.25) is 11.8 Å². The molecule has 0 saturated carbocycles. The van der Waals surface area contributed by atoms with Crippen LogP contribution in [0.4, 0.5) is 4.39 Å². The summed E-state index contributed by atoms with van der Waals surface area (Å²) in [5.41, 5.74) is 2.13. The third kappa shape index (κ3) is 12.8. The molecule has 0 aliphatic carbocycles. The molecule has 17 heteroatoms. The number of imide groups is 1. The van der Waals surface area contributed by atoms with Crippen LogP contribution >= 0.6 is 31.9 Å². The van der Waals surface area contributed by atoms with E-state index in [1.165, 1.54) is 37.7 Å². The molecule has 1 atom stereocenters. The zero-order valence-corrected chi connectivity index (χ0v) is 39.0. The van der Waals surface area contributed by atoms with E-state index in [2.05, 4.69) is 110 Å². The van der Waals surface area contributed by atoms with E-state index in [-0.39, 0.29) is 30.8 Å². The fourth-order valence-corrected chi connectivity index (χ4v) is 8.11. The largest absolute Gasteiger partial charge is 0.494 e. The van der Waals surface area contributed by atoms with Gasteiger partial charge in [-0.2, -0.15) is 0 Å². The molecule has 3 fully saturated rings. The molecule has 332 valence electrons. The maximum absolute atomic E-state index is 14.8. The number of carbonyl (C=O) groups excluding carboxylic acids is 4. The van der Waals surface area contributed by atoms with Crippen molar-refractivity contribution >= 4 is 55.9 Å². The lowest BCUT2D eigenvalue weighted by atomic mass is 9.85. The summed E-state index contributed by atoms with van der Waals surface area (Å²) in [4.78, 5) is 72.0. The van der Waals surface area contributed by atoms with Gasteiger partial charge in [-0.1, -0.05) is 31.8 Å². The zero-order valence-electron chi connectivity index (χ0n) is 35.8. The summed E-state index contributed by atoms with van der Waals surface area (Å²) in [5.74, 6) is 3.61. The van der Waals surface area contributed by atoms with Crippen LogP contribution in [-0.2, 0) is 29.2 Å². The maximum Gasteiger partial charge on any atom is 0.257 e. The second-order valence-corrected chi connectivity index (χ2v) is 17.4. The Balaban J connectivity index is 0.000000215. The Bertz CT molecular complexity index is 2280. The Morgan fingerprint density at radius 1 is 0.778 bits per heavy atom. The normalized spacial score (nSPS) is 19.2. The molecule has 8 rings (SSSR count). The number of halogens is 3. The number of piperazine rings is 2. The average Bonchev–Trinajstić information content (AvgIpc) is 3.77. The van der Waals surface area contributed by atoms with E-state index in [0.29, 0.717) is 23.1 Å². The van der Waals surface area contributed by atoms with Gasteiger partial charge < -0.3 is 19.4 Å². The first-order valence-corrected chi connectivity index (χ1v) is 22.5. The fourth-order valence-electron chi connectivity index (χ4n) is 7.65. The Kier molecular flexibility index (Phi) is 17.0. The first-order valence-electron chi connectivity index (χ1n) is 21.0. The highest BCUT2D eigenvalue weighted by molar-refractivity contribution is 9.10. The van der Waals surface area contributed by atoms with Crippen molar-refractivity contribution in [1.29, 1.82) is 0 Å². The summed E-state index contributed by atoms with van der Waals surface area (Å²) in [5, 5.41) is 2.31. The fraction of sp³-hybridized carbons (Fsp3) is 0.413. The second-order valence-electron chi connectivity index (χ2n) is 15.6. The number of hydrogen-bond acceptors (Lipinski definition) is 12. The van der Waals surface area contributed by atoms with Gasteiger partial charge in [0.1, 0.15) is 11.1 Å². The predicted molar refractivity (Wildman–Crippen MR) is 243 cm³/mol. The molecular formula is C46H52Br2FN9O5. The van der Waals surface area contributed by atoms with Crippen molar-refractivity contribution in [3.8, 4) is 17.6 Å². The number of pyridine rings is 3. The van der Waals surface area contributed by atoms with Gasteiger partial charge in [-0.25, -0.2) is 4.39 Å². The molecule has 0 bridgehead atoms. The number of carbonyl (C=O) groups is 4. The summed E-state index contributed by atoms with van der Waals surface area (Å²) in [7, 11) is 1.33. The molecule has 3 aromatic heterocycles. The number of benzene rings is 1. The molecule has 0 radical (unpaired) electrons. The number of nitrogens with zero attached hydrogens (tertiary/aromatic N) is 8. The number of aromatic nitrogens is 3. The predicted octanol–water partition coefficient (Wildman–Crippen LogP) is 5.05. The van der Waals surface area contributed by atoms with Gasteiger partial charge in [-0.15, -0.1) is 0 Å². The number of likely N-dealkylation sites (N-methyl/N-ethyl adjacent to an activating group) is 2. The summed E-state index contributed by atoms with van der Waals surface area (Å²) in [6.45, 7) is 17.1. The van der Waals surface area contributed by atoms with E-state index in [1.54, 1.807) is 30.6 Å². The molecule has 14 nitrogen and oxygen atoms in total. The molecule has 1 aromatic carbocycles. The van der Waals surface area contributed by atoms with E-state index in [9.17, 15) is 23.6 Å². The van der Waals surface area contributed by atoms with Crippen LogP contribution in [-0.4, -0.2) is 143 Å². The van der Waals surface area contributed by atoms with Crippen molar-refractivity contribution in [2.24, 2.45) is 5.41 Å². The van der Waals surface area contributed by atoms with E-state index in [1.807, 2.05) is 18.3 Å². The molecule has 3 saturated heterocycles. The molecular weight excluding hydrogens is 937 g/mol. The number of fused-ring (bicyclic) bond motifs is 1. The molecule has 0 spiro atoms. The molecule has 1 N–H and O–H groups in total. The van der Waals surface area contributed by atoms with Crippen LogP contribution < -0.4 is 10.1 Å².